The van der Waals surface area contributed by atoms with Gasteiger partial charge in [-0.2, -0.15) is 0 Å². The molecule has 0 aliphatic rings. The Hall–Kier alpha value is -0.830. The molecule has 1 N–H and O–H groups in total. The lowest BCUT2D eigenvalue weighted by molar-refractivity contribution is 0.0956. The van der Waals surface area contributed by atoms with Crippen LogP contribution in [0.3, 0.4) is 0 Å². The summed E-state index contributed by atoms with van der Waals surface area (Å²) in [5.74, 6) is 0.0249. The highest BCUT2D eigenvalue weighted by Crippen LogP contribution is 2.12. The molecule has 11 heavy (non-hydrogen) atoms. The number of thiophene rings is 1. The summed E-state index contributed by atoms with van der Waals surface area (Å²) in [6.45, 7) is 4.60. The van der Waals surface area contributed by atoms with Crippen molar-refractivity contribution in [3.63, 3.8) is 0 Å². The Balaban J connectivity index is 2.69. The van der Waals surface area contributed by atoms with Gasteiger partial charge in [-0.05, 0) is 19.9 Å². The first kappa shape index (κ1) is 8.27. The van der Waals surface area contributed by atoms with Crippen molar-refractivity contribution in [1.82, 2.24) is 5.32 Å². The first-order chi connectivity index (χ1) is 5.24. The highest BCUT2D eigenvalue weighted by Gasteiger charge is 2.04. The number of aryl methyl sites for hydroxylation is 1. The maximum Gasteiger partial charge on any atom is 0.252 e. The lowest BCUT2D eigenvalue weighted by Crippen LogP contribution is -2.21. The summed E-state index contributed by atoms with van der Waals surface area (Å²) < 4.78 is 0. The van der Waals surface area contributed by atoms with Crippen LogP contribution in [0.4, 0.5) is 0 Å². The predicted octanol–water partition coefficient (Wildman–Crippen LogP) is 1.81. The summed E-state index contributed by atoms with van der Waals surface area (Å²) in [5.41, 5.74) is 0.773. The van der Waals surface area contributed by atoms with Crippen molar-refractivity contribution < 1.29 is 4.79 Å². The van der Waals surface area contributed by atoms with Crippen molar-refractivity contribution in [2.24, 2.45) is 0 Å². The first-order valence-corrected chi connectivity index (χ1v) is 4.45. The fraction of sp³-hybridized carbons (Fsp3) is 0.375. The van der Waals surface area contributed by atoms with Gasteiger partial charge >= 0.3 is 0 Å². The molecule has 1 rings (SSSR count). The molecule has 0 unspecified atom stereocenters. The van der Waals surface area contributed by atoms with Crippen molar-refractivity contribution in [2.75, 3.05) is 6.54 Å². The van der Waals surface area contributed by atoms with Gasteiger partial charge in [0.05, 0.1) is 5.56 Å². The zero-order valence-corrected chi connectivity index (χ0v) is 7.49. The molecule has 1 heterocycles. The fourth-order valence-electron chi connectivity index (χ4n) is 0.825. The van der Waals surface area contributed by atoms with Crippen molar-refractivity contribution in [1.29, 1.82) is 0 Å². The SMILES string of the molecule is CCNC(=O)c1csc(C)c1. The maximum atomic E-state index is 11.2. The Morgan fingerprint density at radius 2 is 2.45 bits per heavy atom. The van der Waals surface area contributed by atoms with Crippen molar-refractivity contribution in [3.05, 3.63) is 21.9 Å². The molecular formula is C8H11NOS. The van der Waals surface area contributed by atoms with Crippen molar-refractivity contribution in [3.8, 4) is 0 Å². The Bertz CT molecular complexity index is 254. The number of hydrogen-bond donors (Lipinski definition) is 1. The molecular weight excluding hydrogens is 158 g/mol. The molecule has 0 fully saturated rings. The van der Waals surface area contributed by atoms with Gasteiger partial charge in [-0.25, -0.2) is 0 Å². The van der Waals surface area contributed by atoms with Crippen LogP contribution in [0, 0.1) is 6.92 Å². The molecule has 1 aromatic rings. The van der Waals surface area contributed by atoms with Gasteiger partial charge in [0.25, 0.3) is 5.91 Å². The zero-order chi connectivity index (χ0) is 8.27. The van der Waals surface area contributed by atoms with Crippen LogP contribution in [0.25, 0.3) is 0 Å². The molecule has 0 spiro atoms. The highest BCUT2D eigenvalue weighted by atomic mass is 32.1. The van der Waals surface area contributed by atoms with Crippen LogP contribution in [-0.4, -0.2) is 12.5 Å². The van der Waals surface area contributed by atoms with Gasteiger partial charge in [-0.1, -0.05) is 0 Å². The lowest BCUT2D eigenvalue weighted by atomic mass is 10.3. The van der Waals surface area contributed by atoms with Crippen LogP contribution in [-0.2, 0) is 0 Å². The van der Waals surface area contributed by atoms with E-state index in [1.807, 2.05) is 25.3 Å². The summed E-state index contributed by atoms with van der Waals surface area (Å²) in [4.78, 5) is 12.3. The smallest absolute Gasteiger partial charge is 0.252 e. The quantitative estimate of drug-likeness (QED) is 0.718. The largest absolute Gasteiger partial charge is 0.352 e. The molecule has 1 amide bonds. The Morgan fingerprint density at radius 1 is 1.73 bits per heavy atom. The van der Waals surface area contributed by atoms with E-state index in [1.54, 1.807) is 11.3 Å². The molecule has 0 bridgehead atoms. The van der Waals surface area contributed by atoms with E-state index in [2.05, 4.69) is 5.32 Å². The minimum absolute atomic E-state index is 0.0249. The molecule has 3 heteroatoms. The van der Waals surface area contributed by atoms with E-state index in [9.17, 15) is 4.79 Å². The minimum atomic E-state index is 0.0249. The average molecular weight is 169 g/mol. The van der Waals surface area contributed by atoms with Crippen LogP contribution in [0.5, 0.6) is 0 Å². The monoisotopic (exact) mass is 169 g/mol. The van der Waals surface area contributed by atoms with E-state index in [0.717, 1.165) is 5.56 Å². The Kier molecular flexibility index (Phi) is 2.65. The van der Waals surface area contributed by atoms with E-state index < -0.39 is 0 Å². The number of hydrogen-bond acceptors (Lipinski definition) is 2. The number of rotatable bonds is 2. The van der Waals surface area contributed by atoms with Crippen molar-refractivity contribution >= 4 is 17.2 Å². The second-order valence-electron chi connectivity index (χ2n) is 2.31. The van der Waals surface area contributed by atoms with E-state index in [0.29, 0.717) is 6.54 Å². The predicted molar refractivity (Wildman–Crippen MR) is 47.1 cm³/mol. The van der Waals surface area contributed by atoms with E-state index in [1.165, 1.54) is 4.88 Å². The molecule has 0 saturated heterocycles. The average Bonchev–Trinajstić information content (AvgIpc) is 2.36. The molecule has 0 aromatic carbocycles. The van der Waals surface area contributed by atoms with Gasteiger partial charge < -0.3 is 5.32 Å². The van der Waals surface area contributed by atoms with Crippen molar-refractivity contribution in [2.45, 2.75) is 13.8 Å². The summed E-state index contributed by atoms with van der Waals surface area (Å²) in [6.07, 6.45) is 0. The van der Waals surface area contributed by atoms with Crippen LogP contribution >= 0.6 is 11.3 Å². The van der Waals surface area contributed by atoms with Gasteiger partial charge in [0.1, 0.15) is 0 Å². The second kappa shape index (κ2) is 3.53. The number of carbonyl (C=O) groups is 1. The normalized spacial score (nSPS) is 9.64. The van der Waals surface area contributed by atoms with Gasteiger partial charge in [0.15, 0.2) is 0 Å². The van der Waals surface area contributed by atoms with Crippen LogP contribution in [0.1, 0.15) is 22.2 Å². The van der Waals surface area contributed by atoms with Gasteiger partial charge in [-0.3, -0.25) is 4.79 Å². The molecule has 0 aliphatic heterocycles. The summed E-state index contributed by atoms with van der Waals surface area (Å²) >= 11 is 1.60. The summed E-state index contributed by atoms with van der Waals surface area (Å²) in [7, 11) is 0. The third-order valence-corrected chi connectivity index (χ3v) is 2.19. The molecule has 1 aromatic heterocycles. The number of carbonyl (C=O) groups excluding carboxylic acids is 1. The molecule has 0 radical (unpaired) electrons. The zero-order valence-electron chi connectivity index (χ0n) is 6.68. The van der Waals surface area contributed by atoms with Gasteiger partial charge in [0.2, 0.25) is 0 Å². The van der Waals surface area contributed by atoms with Gasteiger partial charge in [-0.15, -0.1) is 11.3 Å². The maximum absolute atomic E-state index is 11.2. The van der Waals surface area contributed by atoms with Gasteiger partial charge in [0, 0.05) is 16.8 Å². The van der Waals surface area contributed by atoms with E-state index in [-0.39, 0.29) is 5.91 Å². The minimum Gasteiger partial charge on any atom is -0.352 e. The summed E-state index contributed by atoms with van der Waals surface area (Å²) in [5, 5.41) is 4.62. The third-order valence-electron chi connectivity index (χ3n) is 1.33. The Morgan fingerprint density at radius 3 is 2.91 bits per heavy atom. The van der Waals surface area contributed by atoms with Crippen LogP contribution < -0.4 is 5.32 Å². The third kappa shape index (κ3) is 2.05. The Labute approximate surface area is 70.2 Å². The van der Waals surface area contributed by atoms with E-state index in [4.69, 9.17) is 0 Å². The number of nitrogens with one attached hydrogen (secondary N) is 1. The topological polar surface area (TPSA) is 29.1 Å². The molecule has 0 saturated carbocycles. The standard InChI is InChI=1S/C8H11NOS/c1-3-9-8(10)7-4-6(2)11-5-7/h4-5H,3H2,1-2H3,(H,9,10). The van der Waals surface area contributed by atoms with Crippen LogP contribution in [0.2, 0.25) is 0 Å². The first-order valence-electron chi connectivity index (χ1n) is 3.57. The van der Waals surface area contributed by atoms with E-state index >= 15 is 0 Å². The molecule has 2 nitrogen and oxygen atoms in total. The lowest BCUT2D eigenvalue weighted by Gasteiger charge is -1.96. The molecule has 0 aliphatic carbocycles. The molecule has 60 valence electrons. The van der Waals surface area contributed by atoms with Crippen LogP contribution in [0.15, 0.2) is 11.4 Å². The molecule has 0 atom stereocenters. The number of amides is 1. The summed E-state index contributed by atoms with van der Waals surface area (Å²) in [6, 6.07) is 1.90. The fourth-order valence-corrected chi connectivity index (χ4v) is 1.51. The highest BCUT2D eigenvalue weighted by molar-refractivity contribution is 7.10. The second-order valence-corrected chi connectivity index (χ2v) is 3.42.